The second-order valence-electron chi connectivity index (χ2n) is 5.71. The van der Waals surface area contributed by atoms with Crippen LogP contribution in [0.5, 0.6) is 11.5 Å². The molecule has 0 bridgehead atoms. The van der Waals surface area contributed by atoms with Gasteiger partial charge >= 0.3 is 0 Å². The number of anilines is 3. The lowest BCUT2D eigenvalue weighted by Gasteiger charge is -2.09. The lowest BCUT2D eigenvalue weighted by molar-refractivity contribution is 0.102. The molecule has 2 heterocycles. The molecule has 0 fully saturated rings. The molecule has 4 rings (SSSR count). The molecule has 1 amide bonds. The third kappa shape index (κ3) is 3.78. The molecule has 0 atom stereocenters. The third-order valence-corrected chi connectivity index (χ3v) is 4.12. The van der Waals surface area contributed by atoms with Crippen LogP contribution in [-0.2, 0) is 0 Å². The molecule has 6 nitrogen and oxygen atoms in total. The number of nitrogens with one attached hydrogen (secondary N) is 2. The van der Waals surface area contributed by atoms with Gasteiger partial charge in [-0.2, -0.15) is 0 Å². The summed E-state index contributed by atoms with van der Waals surface area (Å²) in [5, 5.41) is 5.83. The van der Waals surface area contributed by atoms with Crippen molar-refractivity contribution >= 4 is 34.6 Å². The lowest BCUT2D eigenvalue weighted by Crippen LogP contribution is -2.13. The van der Waals surface area contributed by atoms with Gasteiger partial charge in [0.15, 0.2) is 11.5 Å². The van der Waals surface area contributed by atoms with Crippen molar-refractivity contribution in [2.45, 2.75) is 0 Å². The summed E-state index contributed by atoms with van der Waals surface area (Å²) in [6.07, 6.45) is 1.50. The van der Waals surface area contributed by atoms with Crippen LogP contribution in [0.2, 0.25) is 5.02 Å². The normalized spacial score (nSPS) is 11.9. The van der Waals surface area contributed by atoms with E-state index in [0.29, 0.717) is 28.6 Å². The Kier molecular flexibility index (Phi) is 4.52. The number of nitrogens with zero attached hydrogens (tertiary/aromatic N) is 1. The maximum absolute atomic E-state index is 13.3. The van der Waals surface area contributed by atoms with Crippen LogP contribution in [0.4, 0.5) is 21.5 Å². The Morgan fingerprint density at radius 1 is 1.00 bits per heavy atom. The lowest BCUT2D eigenvalue weighted by atomic mass is 10.2. The molecule has 1 aliphatic rings. The van der Waals surface area contributed by atoms with Gasteiger partial charge in [0.2, 0.25) is 6.79 Å². The van der Waals surface area contributed by atoms with E-state index < -0.39 is 5.82 Å². The van der Waals surface area contributed by atoms with Gasteiger partial charge in [0, 0.05) is 29.3 Å². The molecule has 8 heteroatoms. The number of rotatable bonds is 4. The molecule has 0 aliphatic carbocycles. The first-order valence-corrected chi connectivity index (χ1v) is 8.35. The molecule has 3 aromatic rings. The van der Waals surface area contributed by atoms with Crippen LogP contribution in [0, 0.1) is 5.82 Å². The predicted octanol–water partition coefficient (Wildman–Crippen LogP) is 4.60. The molecule has 0 spiro atoms. The van der Waals surface area contributed by atoms with Crippen molar-refractivity contribution in [3.8, 4) is 11.5 Å². The van der Waals surface area contributed by atoms with E-state index in [2.05, 4.69) is 15.6 Å². The molecule has 2 N–H and O–H groups in total. The van der Waals surface area contributed by atoms with E-state index in [4.69, 9.17) is 21.1 Å². The maximum Gasteiger partial charge on any atom is 0.274 e. The summed E-state index contributed by atoms with van der Waals surface area (Å²) in [5.74, 6) is 0.329. The van der Waals surface area contributed by atoms with E-state index >= 15 is 0 Å². The summed E-state index contributed by atoms with van der Waals surface area (Å²) in [5.41, 5.74) is 1.99. The number of pyridine rings is 1. The van der Waals surface area contributed by atoms with E-state index in [0.717, 1.165) is 0 Å². The first-order chi connectivity index (χ1) is 13.1. The van der Waals surface area contributed by atoms with Gasteiger partial charge in [-0.1, -0.05) is 11.6 Å². The van der Waals surface area contributed by atoms with Gasteiger partial charge in [-0.3, -0.25) is 9.78 Å². The highest BCUT2D eigenvalue weighted by Crippen LogP contribution is 2.34. The fourth-order valence-corrected chi connectivity index (χ4v) is 2.72. The molecule has 0 saturated carbocycles. The predicted molar refractivity (Wildman–Crippen MR) is 99.4 cm³/mol. The number of halogens is 2. The van der Waals surface area contributed by atoms with Gasteiger partial charge in [0.05, 0.1) is 5.02 Å². The number of carbonyl (C=O) groups is 1. The SMILES string of the molecule is O=C(Nc1ccc2c(c1)OCO2)c1cc(Nc2ccc(F)c(Cl)c2)ccn1. The average Bonchev–Trinajstić information content (AvgIpc) is 3.13. The molecule has 136 valence electrons. The fraction of sp³-hybridized carbons (Fsp3) is 0.0526. The van der Waals surface area contributed by atoms with Crippen molar-refractivity contribution in [1.82, 2.24) is 4.98 Å². The second kappa shape index (κ2) is 7.13. The smallest absolute Gasteiger partial charge is 0.274 e. The molecule has 0 radical (unpaired) electrons. The zero-order valence-corrected chi connectivity index (χ0v) is 14.6. The van der Waals surface area contributed by atoms with Gasteiger partial charge in [-0.25, -0.2) is 4.39 Å². The van der Waals surface area contributed by atoms with Gasteiger partial charge in [0.1, 0.15) is 11.5 Å². The fourth-order valence-electron chi connectivity index (χ4n) is 2.54. The van der Waals surface area contributed by atoms with Crippen LogP contribution in [0.15, 0.2) is 54.7 Å². The van der Waals surface area contributed by atoms with Crippen molar-refractivity contribution in [2.75, 3.05) is 17.4 Å². The zero-order chi connectivity index (χ0) is 18.8. The monoisotopic (exact) mass is 385 g/mol. The number of hydrogen-bond acceptors (Lipinski definition) is 5. The van der Waals surface area contributed by atoms with E-state index in [1.807, 2.05) is 0 Å². The summed E-state index contributed by atoms with van der Waals surface area (Å²) >= 11 is 5.78. The van der Waals surface area contributed by atoms with Crippen molar-refractivity contribution in [3.05, 3.63) is 71.3 Å². The van der Waals surface area contributed by atoms with Crippen molar-refractivity contribution in [2.24, 2.45) is 0 Å². The average molecular weight is 386 g/mol. The van der Waals surface area contributed by atoms with E-state index in [9.17, 15) is 9.18 Å². The highest BCUT2D eigenvalue weighted by atomic mass is 35.5. The zero-order valence-electron chi connectivity index (χ0n) is 13.8. The van der Waals surface area contributed by atoms with E-state index in [1.54, 1.807) is 36.4 Å². The Balaban J connectivity index is 1.49. The van der Waals surface area contributed by atoms with E-state index in [1.165, 1.54) is 18.3 Å². The van der Waals surface area contributed by atoms with Crippen LogP contribution in [0.3, 0.4) is 0 Å². The van der Waals surface area contributed by atoms with E-state index in [-0.39, 0.29) is 23.4 Å². The number of fused-ring (bicyclic) bond motifs is 1. The minimum atomic E-state index is -0.499. The molecular formula is C19H13ClFN3O3. The van der Waals surface area contributed by atoms with Crippen molar-refractivity contribution in [1.29, 1.82) is 0 Å². The molecular weight excluding hydrogens is 373 g/mol. The Morgan fingerprint density at radius 3 is 2.63 bits per heavy atom. The minimum absolute atomic E-state index is 0.00910. The molecule has 1 aromatic heterocycles. The molecule has 1 aliphatic heterocycles. The van der Waals surface area contributed by atoms with Crippen LogP contribution >= 0.6 is 11.6 Å². The van der Waals surface area contributed by atoms with Crippen LogP contribution in [0.1, 0.15) is 10.5 Å². The van der Waals surface area contributed by atoms with Crippen LogP contribution < -0.4 is 20.1 Å². The minimum Gasteiger partial charge on any atom is -0.454 e. The van der Waals surface area contributed by atoms with Crippen LogP contribution in [0.25, 0.3) is 0 Å². The first-order valence-electron chi connectivity index (χ1n) is 7.97. The summed E-state index contributed by atoms with van der Waals surface area (Å²) in [4.78, 5) is 16.6. The van der Waals surface area contributed by atoms with Crippen LogP contribution in [-0.4, -0.2) is 17.7 Å². The van der Waals surface area contributed by atoms with Crippen molar-refractivity contribution < 1.29 is 18.7 Å². The Bertz CT molecular complexity index is 1030. The van der Waals surface area contributed by atoms with Crippen molar-refractivity contribution in [3.63, 3.8) is 0 Å². The summed E-state index contributed by atoms with van der Waals surface area (Å²) in [6, 6.07) is 12.7. The Labute approximate surface area is 158 Å². The summed E-state index contributed by atoms with van der Waals surface area (Å²) in [7, 11) is 0. The molecule has 0 saturated heterocycles. The molecule has 27 heavy (non-hydrogen) atoms. The highest BCUT2D eigenvalue weighted by Gasteiger charge is 2.15. The second-order valence-corrected chi connectivity index (χ2v) is 6.11. The number of carbonyl (C=O) groups excluding carboxylic acids is 1. The Morgan fingerprint density at radius 2 is 1.78 bits per heavy atom. The first kappa shape index (κ1) is 17.1. The number of aromatic nitrogens is 1. The van der Waals surface area contributed by atoms with Gasteiger partial charge < -0.3 is 20.1 Å². The van der Waals surface area contributed by atoms with Gasteiger partial charge in [-0.15, -0.1) is 0 Å². The standard InChI is InChI=1S/C19H13ClFN3O3/c20-14-7-11(1-3-15(14)21)23-13-5-6-22-16(8-13)19(25)24-12-2-4-17-18(9-12)27-10-26-17/h1-9H,10H2,(H,22,23)(H,24,25). The summed E-state index contributed by atoms with van der Waals surface area (Å²) < 4.78 is 23.8. The molecule has 0 unspecified atom stereocenters. The number of hydrogen-bond donors (Lipinski definition) is 2. The topological polar surface area (TPSA) is 72.5 Å². The molecule has 2 aromatic carbocycles. The number of benzene rings is 2. The maximum atomic E-state index is 13.3. The Hall–Kier alpha value is -3.32. The summed E-state index contributed by atoms with van der Waals surface area (Å²) in [6.45, 7) is 0.162. The largest absolute Gasteiger partial charge is 0.454 e. The highest BCUT2D eigenvalue weighted by molar-refractivity contribution is 6.31. The number of ether oxygens (including phenoxy) is 2. The number of amides is 1. The van der Waals surface area contributed by atoms with Gasteiger partial charge in [-0.05, 0) is 42.5 Å². The third-order valence-electron chi connectivity index (χ3n) is 3.83. The quantitative estimate of drug-likeness (QED) is 0.686. The van der Waals surface area contributed by atoms with Gasteiger partial charge in [0.25, 0.3) is 5.91 Å².